The van der Waals surface area contributed by atoms with Gasteiger partial charge in [0.15, 0.2) is 0 Å². The number of nitrogens with one attached hydrogen (secondary N) is 1. The van der Waals surface area contributed by atoms with Gasteiger partial charge in [-0.3, -0.25) is 0 Å². The average molecular weight is 381 g/mol. The molecule has 0 spiro atoms. The van der Waals surface area contributed by atoms with Crippen LogP contribution in [0.5, 0.6) is 0 Å². The molecule has 1 saturated heterocycles. The first-order chi connectivity index (χ1) is 13.5. The number of hydrogen-bond donors (Lipinski definition) is 1. The van der Waals surface area contributed by atoms with Gasteiger partial charge in [0.25, 0.3) is 0 Å². The van der Waals surface area contributed by atoms with Gasteiger partial charge in [-0.2, -0.15) is 0 Å². The number of benzene rings is 2. The Kier molecular flexibility index (Phi) is 7.20. The van der Waals surface area contributed by atoms with Crippen LogP contribution in [0.4, 0.5) is 17.1 Å². The minimum Gasteiger partial charge on any atom is -0.362 e. The molecular formula is C26H40N2. The van der Waals surface area contributed by atoms with Crippen LogP contribution in [-0.2, 0) is 5.41 Å². The predicted octanol–water partition coefficient (Wildman–Crippen LogP) is 7.77. The first-order valence-corrected chi connectivity index (χ1v) is 11.3. The van der Waals surface area contributed by atoms with Crippen molar-refractivity contribution in [1.29, 1.82) is 0 Å². The van der Waals surface area contributed by atoms with Crippen molar-refractivity contribution in [3.05, 3.63) is 54.1 Å². The van der Waals surface area contributed by atoms with E-state index >= 15 is 0 Å². The van der Waals surface area contributed by atoms with Crippen molar-refractivity contribution in [2.75, 3.05) is 16.8 Å². The van der Waals surface area contributed by atoms with Crippen LogP contribution in [-0.4, -0.2) is 12.6 Å². The van der Waals surface area contributed by atoms with E-state index in [1.165, 1.54) is 35.6 Å². The van der Waals surface area contributed by atoms with Crippen molar-refractivity contribution in [2.24, 2.45) is 5.41 Å². The zero-order valence-corrected chi connectivity index (χ0v) is 19.3. The third-order valence-corrected chi connectivity index (χ3v) is 7.05. The second-order valence-corrected chi connectivity index (χ2v) is 7.81. The van der Waals surface area contributed by atoms with Gasteiger partial charge in [0.1, 0.15) is 0 Å². The van der Waals surface area contributed by atoms with Crippen LogP contribution in [0.1, 0.15) is 73.8 Å². The Hall–Kier alpha value is -1.96. The van der Waals surface area contributed by atoms with Crippen LogP contribution >= 0.6 is 0 Å². The zero-order valence-electron chi connectivity index (χ0n) is 19.3. The number of para-hydroxylation sites is 3. The lowest BCUT2D eigenvalue weighted by molar-refractivity contribution is 0.140. The van der Waals surface area contributed by atoms with Crippen LogP contribution in [0, 0.1) is 5.41 Å². The largest absolute Gasteiger partial charge is 0.362 e. The van der Waals surface area contributed by atoms with Gasteiger partial charge in [0.2, 0.25) is 0 Å². The van der Waals surface area contributed by atoms with E-state index in [-0.39, 0.29) is 10.8 Å². The van der Waals surface area contributed by atoms with Crippen molar-refractivity contribution in [3.63, 3.8) is 0 Å². The Morgan fingerprint density at radius 2 is 1.43 bits per heavy atom. The molecule has 3 atom stereocenters. The quantitative estimate of drug-likeness (QED) is 0.535. The van der Waals surface area contributed by atoms with Gasteiger partial charge in [-0.1, -0.05) is 85.7 Å². The zero-order chi connectivity index (χ0) is 20.9. The molecule has 2 aromatic carbocycles. The Labute approximate surface area is 173 Å². The highest BCUT2D eigenvalue weighted by molar-refractivity contribution is 5.80. The first kappa shape index (κ1) is 22.3. The monoisotopic (exact) mass is 380 g/mol. The molecule has 154 valence electrons. The summed E-state index contributed by atoms with van der Waals surface area (Å²) in [6.07, 6.45) is 2.34. The van der Waals surface area contributed by atoms with Gasteiger partial charge in [-0.15, -0.1) is 0 Å². The van der Waals surface area contributed by atoms with E-state index in [0.29, 0.717) is 6.04 Å². The molecule has 2 aliphatic rings. The fraction of sp³-hybridized carbons (Fsp3) is 0.538. The molecule has 2 heterocycles. The molecule has 4 rings (SSSR count). The molecule has 0 amide bonds. The first-order valence-electron chi connectivity index (χ1n) is 11.3. The lowest BCUT2D eigenvalue weighted by Crippen LogP contribution is -2.46. The molecule has 2 aromatic rings. The van der Waals surface area contributed by atoms with Crippen molar-refractivity contribution in [3.8, 4) is 0 Å². The molecule has 0 aromatic heterocycles. The van der Waals surface area contributed by atoms with Gasteiger partial charge < -0.3 is 10.2 Å². The van der Waals surface area contributed by atoms with Crippen LogP contribution in [0.25, 0.3) is 0 Å². The third kappa shape index (κ3) is 3.43. The Balaban J connectivity index is 0.000000660. The summed E-state index contributed by atoms with van der Waals surface area (Å²) in [6.45, 7) is 18.9. The third-order valence-electron chi connectivity index (χ3n) is 7.05. The molecular weight excluding hydrogens is 340 g/mol. The molecule has 2 aliphatic heterocycles. The predicted molar refractivity (Wildman–Crippen MR) is 126 cm³/mol. The van der Waals surface area contributed by atoms with E-state index in [1.54, 1.807) is 0 Å². The lowest BCUT2D eigenvalue weighted by Gasteiger charge is -2.47. The summed E-state index contributed by atoms with van der Waals surface area (Å²) in [5.74, 6) is 0. The maximum atomic E-state index is 3.75. The number of nitrogens with zero attached hydrogens (tertiary/aromatic N) is 1. The van der Waals surface area contributed by atoms with Crippen molar-refractivity contribution < 1.29 is 0 Å². The van der Waals surface area contributed by atoms with Crippen LogP contribution in [0.2, 0.25) is 0 Å². The van der Waals surface area contributed by atoms with E-state index in [9.17, 15) is 0 Å². The minimum absolute atomic E-state index is 0.146. The summed E-state index contributed by atoms with van der Waals surface area (Å²) < 4.78 is 0. The van der Waals surface area contributed by atoms with Crippen LogP contribution in [0.15, 0.2) is 48.5 Å². The molecule has 2 heteroatoms. The number of hydrogen-bond acceptors (Lipinski definition) is 2. The van der Waals surface area contributed by atoms with E-state index in [2.05, 4.69) is 86.4 Å². The van der Waals surface area contributed by atoms with Crippen molar-refractivity contribution in [1.82, 2.24) is 0 Å². The highest BCUT2D eigenvalue weighted by Crippen LogP contribution is 2.58. The summed E-state index contributed by atoms with van der Waals surface area (Å²) in [5, 5.41) is 3.75. The Morgan fingerprint density at radius 1 is 0.857 bits per heavy atom. The molecule has 2 nitrogen and oxygen atoms in total. The molecule has 1 fully saturated rings. The van der Waals surface area contributed by atoms with Crippen LogP contribution in [0.3, 0.4) is 0 Å². The standard InChI is InChI=1S/C22H28N2.2C2H6/c1-5-21(3)16-11-7-8-12-17(16)23-18-13-9-10-14-19(18)24-15-20(24)22(21,4)6-2;2*1-2/h7-14,20,23H,5-6,15H2,1-4H3;2*1-2H3. The molecule has 28 heavy (non-hydrogen) atoms. The van der Waals surface area contributed by atoms with Gasteiger partial charge in [0, 0.05) is 17.6 Å². The summed E-state index contributed by atoms with van der Waals surface area (Å²) >= 11 is 0. The van der Waals surface area contributed by atoms with Gasteiger partial charge >= 0.3 is 0 Å². The number of anilines is 3. The molecule has 0 saturated carbocycles. The number of rotatable bonds is 2. The lowest BCUT2D eigenvalue weighted by atomic mass is 9.57. The molecule has 1 N–H and O–H groups in total. The average Bonchev–Trinajstić information content (AvgIpc) is 3.57. The van der Waals surface area contributed by atoms with E-state index in [0.717, 1.165) is 6.42 Å². The molecule has 0 radical (unpaired) electrons. The Morgan fingerprint density at radius 3 is 2.04 bits per heavy atom. The smallest absolute Gasteiger partial charge is 0.0622 e. The second-order valence-electron chi connectivity index (χ2n) is 7.81. The van der Waals surface area contributed by atoms with E-state index in [4.69, 9.17) is 0 Å². The summed E-state index contributed by atoms with van der Waals surface area (Å²) in [7, 11) is 0. The maximum absolute atomic E-state index is 3.75. The highest BCUT2D eigenvalue weighted by Gasteiger charge is 2.57. The topological polar surface area (TPSA) is 15.0 Å². The van der Waals surface area contributed by atoms with E-state index < -0.39 is 0 Å². The summed E-state index contributed by atoms with van der Waals surface area (Å²) in [4.78, 5) is 2.59. The van der Waals surface area contributed by atoms with Gasteiger partial charge in [-0.25, -0.2) is 0 Å². The fourth-order valence-electron chi connectivity index (χ4n) is 4.89. The van der Waals surface area contributed by atoms with Crippen molar-refractivity contribution in [2.45, 2.75) is 79.7 Å². The van der Waals surface area contributed by atoms with Gasteiger partial charge in [-0.05, 0) is 42.0 Å². The summed E-state index contributed by atoms with van der Waals surface area (Å²) in [5.41, 5.74) is 5.68. The molecule has 0 aliphatic carbocycles. The van der Waals surface area contributed by atoms with E-state index in [1.807, 2.05) is 27.7 Å². The van der Waals surface area contributed by atoms with Crippen LogP contribution < -0.4 is 10.2 Å². The molecule has 0 bridgehead atoms. The van der Waals surface area contributed by atoms with Gasteiger partial charge in [0.05, 0.1) is 17.4 Å². The second kappa shape index (κ2) is 9.03. The Bertz CT molecular complexity index is 769. The maximum Gasteiger partial charge on any atom is 0.0622 e. The fourth-order valence-corrected chi connectivity index (χ4v) is 4.89. The SMILES string of the molecule is CC.CC.CCC1(C)c2ccccc2Nc2ccccc2N2CC2C1(C)CC. The highest BCUT2D eigenvalue weighted by atomic mass is 15.3. The molecule has 3 unspecified atom stereocenters. The van der Waals surface area contributed by atoms with Crippen molar-refractivity contribution >= 4 is 17.1 Å². The minimum atomic E-state index is 0.146. The summed E-state index contributed by atoms with van der Waals surface area (Å²) in [6, 6.07) is 18.3. The normalized spacial score (nSPS) is 26.9. The number of fused-ring (bicyclic) bond motifs is 4.